The molecule has 0 spiro atoms. The molecule has 0 aliphatic rings. The van der Waals surface area contributed by atoms with Gasteiger partial charge >= 0.3 is 0 Å². The minimum Gasteiger partial charge on any atom is -0.496 e. The van der Waals surface area contributed by atoms with E-state index in [0.29, 0.717) is 23.1 Å². The monoisotopic (exact) mass is 398 g/mol. The molecule has 0 aliphatic heterocycles. The third-order valence-corrected chi connectivity index (χ3v) is 5.85. The van der Waals surface area contributed by atoms with E-state index in [1.807, 2.05) is 42.5 Å². The number of sulfonamides is 1. The minimum atomic E-state index is -3.76. The number of methoxy groups -OCH3 is 1. The molecule has 28 heavy (non-hydrogen) atoms. The van der Waals surface area contributed by atoms with Crippen molar-refractivity contribution in [2.45, 2.75) is 17.9 Å². The van der Waals surface area contributed by atoms with E-state index in [-0.39, 0.29) is 23.8 Å². The van der Waals surface area contributed by atoms with E-state index >= 15 is 0 Å². The maximum atomic E-state index is 12.7. The van der Waals surface area contributed by atoms with E-state index in [2.05, 4.69) is 10.0 Å². The van der Waals surface area contributed by atoms with Crippen molar-refractivity contribution in [1.29, 1.82) is 0 Å². The quantitative estimate of drug-likeness (QED) is 0.611. The first kappa shape index (κ1) is 19.9. The Hall–Kier alpha value is -2.90. The molecule has 0 aromatic heterocycles. The molecular weight excluding hydrogens is 376 g/mol. The lowest BCUT2D eigenvalue weighted by Gasteiger charge is -2.12. The van der Waals surface area contributed by atoms with Gasteiger partial charge in [-0.05, 0) is 17.7 Å². The third-order valence-electron chi connectivity index (χ3n) is 4.33. The van der Waals surface area contributed by atoms with Gasteiger partial charge < -0.3 is 10.1 Å². The minimum absolute atomic E-state index is 0.0172. The summed E-state index contributed by atoms with van der Waals surface area (Å²) in [6, 6.07) is 19.8. The van der Waals surface area contributed by atoms with Crippen molar-refractivity contribution >= 4 is 26.7 Å². The van der Waals surface area contributed by atoms with Crippen LogP contribution >= 0.6 is 0 Å². The molecule has 7 heteroatoms. The number of rotatable bonds is 8. The van der Waals surface area contributed by atoms with Crippen molar-refractivity contribution in [2.75, 3.05) is 13.7 Å². The Morgan fingerprint density at radius 1 is 0.929 bits per heavy atom. The van der Waals surface area contributed by atoms with Gasteiger partial charge in [-0.1, -0.05) is 54.6 Å². The van der Waals surface area contributed by atoms with E-state index in [4.69, 9.17) is 4.74 Å². The zero-order valence-electron chi connectivity index (χ0n) is 15.5. The highest BCUT2D eigenvalue weighted by molar-refractivity contribution is 7.89. The number of hydrogen-bond donors (Lipinski definition) is 2. The number of nitrogens with one attached hydrogen (secondary N) is 2. The number of carbonyl (C=O) groups excluding carboxylic acids is 1. The lowest BCUT2D eigenvalue weighted by Crippen LogP contribution is -2.30. The van der Waals surface area contributed by atoms with Crippen LogP contribution in [0.2, 0.25) is 0 Å². The zero-order valence-corrected chi connectivity index (χ0v) is 16.3. The highest BCUT2D eigenvalue weighted by Gasteiger charge is 2.19. The highest BCUT2D eigenvalue weighted by atomic mass is 32.2. The van der Waals surface area contributed by atoms with Gasteiger partial charge in [0.2, 0.25) is 15.9 Å². The summed E-state index contributed by atoms with van der Waals surface area (Å²) in [5.74, 6) is 0.390. The smallest absolute Gasteiger partial charge is 0.241 e. The molecule has 0 unspecified atom stereocenters. The molecule has 0 fully saturated rings. The Kier molecular flexibility index (Phi) is 6.28. The second-order valence-electron chi connectivity index (χ2n) is 6.22. The highest BCUT2D eigenvalue weighted by Crippen LogP contribution is 2.30. The summed E-state index contributed by atoms with van der Waals surface area (Å²) in [6.45, 7) is 0.429. The number of benzene rings is 3. The average Bonchev–Trinajstić information content (AvgIpc) is 2.72. The van der Waals surface area contributed by atoms with Gasteiger partial charge in [0.15, 0.2) is 0 Å². The van der Waals surface area contributed by atoms with E-state index in [1.54, 1.807) is 25.3 Å². The number of carbonyl (C=O) groups is 1. The maximum absolute atomic E-state index is 12.7. The maximum Gasteiger partial charge on any atom is 0.241 e. The normalized spacial score (nSPS) is 11.3. The lowest BCUT2D eigenvalue weighted by molar-refractivity contribution is -0.121. The molecule has 146 valence electrons. The summed E-state index contributed by atoms with van der Waals surface area (Å²) in [5.41, 5.74) is 0.987. The van der Waals surface area contributed by atoms with Crippen LogP contribution in [-0.2, 0) is 21.4 Å². The summed E-state index contributed by atoms with van der Waals surface area (Å²) >= 11 is 0. The molecule has 0 radical (unpaired) electrons. The molecule has 0 saturated heterocycles. The molecule has 1 amide bonds. The van der Waals surface area contributed by atoms with Gasteiger partial charge in [-0.25, -0.2) is 13.1 Å². The van der Waals surface area contributed by atoms with Gasteiger partial charge in [0.25, 0.3) is 0 Å². The van der Waals surface area contributed by atoms with Crippen LogP contribution in [0.15, 0.2) is 71.6 Å². The molecule has 3 aromatic carbocycles. The van der Waals surface area contributed by atoms with Gasteiger partial charge in [-0.15, -0.1) is 0 Å². The van der Waals surface area contributed by atoms with E-state index < -0.39 is 10.0 Å². The summed E-state index contributed by atoms with van der Waals surface area (Å²) < 4.78 is 33.3. The molecule has 0 saturated carbocycles. The Labute approximate surface area is 164 Å². The second-order valence-corrected chi connectivity index (χ2v) is 7.96. The first-order valence-electron chi connectivity index (χ1n) is 8.87. The van der Waals surface area contributed by atoms with Crippen molar-refractivity contribution in [3.63, 3.8) is 0 Å². The average molecular weight is 398 g/mol. The third kappa shape index (κ3) is 4.68. The van der Waals surface area contributed by atoms with Crippen LogP contribution in [0.5, 0.6) is 5.75 Å². The largest absolute Gasteiger partial charge is 0.496 e. The zero-order chi connectivity index (χ0) is 20.0. The SMILES string of the molecule is COc1ccc(S(=O)(=O)NCCC(=O)NCc2ccccc2)c2ccccc12. The molecule has 3 aromatic rings. The van der Waals surface area contributed by atoms with Gasteiger partial charge in [0, 0.05) is 30.3 Å². The fourth-order valence-electron chi connectivity index (χ4n) is 2.92. The van der Waals surface area contributed by atoms with Crippen molar-refractivity contribution in [1.82, 2.24) is 10.0 Å². The number of amides is 1. The van der Waals surface area contributed by atoms with Crippen LogP contribution in [0.4, 0.5) is 0 Å². The summed E-state index contributed by atoms with van der Waals surface area (Å²) in [4.78, 5) is 12.1. The van der Waals surface area contributed by atoms with E-state index in [0.717, 1.165) is 5.56 Å². The molecule has 0 atom stereocenters. The van der Waals surface area contributed by atoms with Crippen LogP contribution in [0, 0.1) is 0 Å². The molecular formula is C21H22N2O4S. The predicted molar refractivity (Wildman–Crippen MR) is 109 cm³/mol. The lowest BCUT2D eigenvalue weighted by atomic mass is 10.1. The van der Waals surface area contributed by atoms with Crippen molar-refractivity contribution in [2.24, 2.45) is 0 Å². The van der Waals surface area contributed by atoms with Crippen LogP contribution in [0.1, 0.15) is 12.0 Å². The van der Waals surface area contributed by atoms with E-state index in [9.17, 15) is 13.2 Å². The van der Waals surface area contributed by atoms with Gasteiger partial charge in [0.05, 0.1) is 12.0 Å². The molecule has 2 N–H and O–H groups in total. The molecule has 6 nitrogen and oxygen atoms in total. The number of ether oxygens (including phenoxy) is 1. The van der Waals surface area contributed by atoms with Gasteiger partial charge in [-0.3, -0.25) is 4.79 Å². The first-order valence-corrected chi connectivity index (χ1v) is 10.4. The fraction of sp³-hybridized carbons (Fsp3) is 0.190. The van der Waals surface area contributed by atoms with E-state index in [1.165, 1.54) is 6.07 Å². The molecule has 0 heterocycles. The van der Waals surface area contributed by atoms with Gasteiger partial charge in [0.1, 0.15) is 5.75 Å². The van der Waals surface area contributed by atoms with Crippen LogP contribution in [0.25, 0.3) is 10.8 Å². The standard InChI is InChI=1S/C21H22N2O4S/c1-27-19-11-12-20(18-10-6-5-9-17(18)19)28(25,26)23-14-13-21(24)22-15-16-7-3-2-4-8-16/h2-12,23H,13-15H2,1H3,(H,22,24). The first-order chi connectivity index (χ1) is 13.5. The Balaban J connectivity index is 1.63. The molecule has 0 aliphatic carbocycles. The van der Waals surface area contributed by atoms with Gasteiger partial charge in [-0.2, -0.15) is 0 Å². The van der Waals surface area contributed by atoms with Crippen LogP contribution in [0.3, 0.4) is 0 Å². The number of hydrogen-bond acceptors (Lipinski definition) is 4. The Morgan fingerprint density at radius 2 is 1.61 bits per heavy atom. The topological polar surface area (TPSA) is 84.5 Å². The van der Waals surface area contributed by atoms with Crippen LogP contribution < -0.4 is 14.8 Å². The number of fused-ring (bicyclic) bond motifs is 1. The second kappa shape index (κ2) is 8.86. The molecule has 0 bridgehead atoms. The van der Waals surface area contributed by atoms with Crippen LogP contribution in [-0.4, -0.2) is 28.0 Å². The molecule has 3 rings (SSSR count). The summed E-state index contributed by atoms with van der Waals surface area (Å²) in [7, 11) is -2.22. The van der Waals surface area contributed by atoms with Crippen molar-refractivity contribution in [3.8, 4) is 5.75 Å². The summed E-state index contributed by atoms with van der Waals surface area (Å²) in [5, 5.41) is 4.07. The predicted octanol–water partition coefficient (Wildman–Crippen LogP) is 2.83. The van der Waals surface area contributed by atoms with Crippen molar-refractivity contribution in [3.05, 3.63) is 72.3 Å². The Bertz CT molecular complexity index is 1070. The summed E-state index contributed by atoms with van der Waals surface area (Å²) in [6.07, 6.45) is 0.0557. The van der Waals surface area contributed by atoms with Crippen molar-refractivity contribution < 1.29 is 17.9 Å². The Morgan fingerprint density at radius 3 is 2.32 bits per heavy atom. The fourth-order valence-corrected chi connectivity index (χ4v) is 4.16.